The van der Waals surface area contributed by atoms with Crippen molar-refractivity contribution in [1.82, 2.24) is 0 Å². The molecule has 0 heterocycles. The van der Waals surface area contributed by atoms with Crippen LogP contribution in [-0.2, 0) is 9.59 Å². The number of rotatable bonds is 2. The van der Waals surface area contributed by atoms with Crippen LogP contribution in [0.1, 0.15) is 92.9 Å². The smallest absolute Gasteiger partial charge is 0.310 e. The summed E-state index contributed by atoms with van der Waals surface area (Å²) in [5.41, 5.74) is -0.520. The number of carboxylic acids is 1. The fourth-order valence-corrected chi connectivity index (χ4v) is 10.8. The van der Waals surface area contributed by atoms with Crippen LogP contribution < -0.4 is 0 Å². The lowest BCUT2D eigenvalue weighted by Gasteiger charge is -2.71. The summed E-state index contributed by atoms with van der Waals surface area (Å²) in [6.07, 6.45) is 7.75. The van der Waals surface area contributed by atoms with Gasteiger partial charge in [0, 0.05) is 11.8 Å². The Kier molecular flexibility index (Phi) is 5.57. The molecule has 0 aliphatic heterocycles. The molecular weight excluding hydrogens is 440 g/mol. The third kappa shape index (κ3) is 2.89. The summed E-state index contributed by atoms with van der Waals surface area (Å²) >= 11 is 0. The van der Waals surface area contributed by atoms with Gasteiger partial charge in [-0.1, -0.05) is 53.2 Å². The number of carbonyl (C=O) groups is 2. The van der Waals surface area contributed by atoms with Crippen molar-refractivity contribution in [2.45, 2.75) is 99.0 Å². The molecule has 0 amide bonds. The normalized spacial score (nSPS) is 55.7. The minimum Gasteiger partial charge on any atom is -0.481 e. The number of allylic oxidation sites excluding steroid dienone is 2. The minimum absolute atomic E-state index is 0.0493. The molecule has 0 aromatic carbocycles. The van der Waals surface area contributed by atoms with E-state index in [4.69, 9.17) is 0 Å². The van der Waals surface area contributed by atoms with E-state index in [0.717, 1.165) is 44.9 Å². The van der Waals surface area contributed by atoms with Crippen LogP contribution in [0.25, 0.3) is 0 Å². The largest absolute Gasteiger partial charge is 0.481 e. The lowest BCUT2D eigenvalue weighted by Crippen LogP contribution is -2.67. The molecule has 0 bridgehead atoms. The van der Waals surface area contributed by atoms with Crippen molar-refractivity contribution in [3.8, 4) is 0 Å². The molecule has 5 aliphatic carbocycles. The second-order valence-corrected chi connectivity index (χ2v) is 14.3. The van der Waals surface area contributed by atoms with Crippen LogP contribution in [-0.4, -0.2) is 39.8 Å². The summed E-state index contributed by atoms with van der Waals surface area (Å²) in [5.74, 6) is 0.519. The second kappa shape index (κ2) is 7.66. The van der Waals surface area contributed by atoms with Crippen LogP contribution in [0, 0.1) is 56.7 Å². The Morgan fingerprint density at radius 2 is 1.71 bits per heavy atom. The van der Waals surface area contributed by atoms with Crippen molar-refractivity contribution >= 4 is 11.8 Å². The molecule has 5 nitrogen and oxygen atoms in total. The third-order valence-electron chi connectivity index (χ3n) is 13.3. The Morgan fingerprint density at radius 3 is 2.34 bits per heavy atom. The topological polar surface area (TPSA) is 94.8 Å². The standard InChI is InChI=1S/C30H46O5/c1-17-9-12-30(25(34)35)14-13-28(5)19(23(30)18(17)2)7-8-22-26(3)15-20(32)24(33)27(4,16-31)21(26)10-11-29(22,28)6/h7,17-18,21-24,31,33H,8-16H2,1-6H3,(H,34,35)/t17-,18+,21-,22-,23+,24+,26+,27+,28-,29-,30+/m1/s1. The number of Topliss-reactive ketones (excluding diaryl/α,β-unsaturated/α-hetero) is 1. The molecule has 0 unspecified atom stereocenters. The Bertz CT molecular complexity index is 972. The van der Waals surface area contributed by atoms with E-state index in [1.54, 1.807) is 0 Å². The summed E-state index contributed by atoms with van der Waals surface area (Å²) in [6, 6.07) is 0. The van der Waals surface area contributed by atoms with Gasteiger partial charge in [0.25, 0.3) is 0 Å². The fraction of sp³-hybridized carbons (Fsp3) is 0.867. The lowest BCUT2D eigenvalue weighted by atomic mass is 9.33. The van der Waals surface area contributed by atoms with E-state index in [1.165, 1.54) is 5.57 Å². The SMILES string of the molecule is C[C@H]1[C@H](C)CC[C@]2(C(=O)O)CC[C@]3(C)C(=CC[C@@H]4[C@@]5(C)CC(=O)[C@H](O)[C@@](C)(CO)[C@@H]5CC[C@]43C)[C@H]12. The Morgan fingerprint density at radius 1 is 1.03 bits per heavy atom. The average Bonchev–Trinajstić information content (AvgIpc) is 2.80. The Labute approximate surface area is 210 Å². The molecular formula is C30H46O5. The highest BCUT2D eigenvalue weighted by atomic mass is 16.4. The molecule has 0 radical (unpaired) electrons. The Hall–Kier alpha value is -1.20. The van der Waals surface area contributed by atoms with Crippen molar-refractivity contribution in [3.05, 3.63) is 11.6 Å². The first-order valence-corrected chi connectivity index (χ1v) is 14.0. The highest BCUT2D eigenvalue weighted by molar-refractivity contribution is 5.85. The van der Waals surface area contributed by atoms with Gasteiger partial charge in [-0.2, -0.15) is 0 Å². The zero-order valence-corrected chi connectivity index (χ0v) is 22.6. The van der Waals surface area contributed by atoms with Gasteiger partial charge in [-0.3, -0.25) is 9.59 Å². The molecule has 0 aromatic heterocycles. The predicted molar refractivity (Wildman–Crippen MR) is 134 cm³/mol. The second-order valence-electron chi connectivity index (χ2n) is 14.3. The number of ketones is 1. The van der Waals surface area contributed by atoms with Gasteiger partial charge in [0.15, 0.2) is 5.78 Å². The molecule has 0 saturated heterocycles. The zero-order valence-electron chi connectivity index (χ0n) is 22.6. The maximum Gasteiger partial charge on any atom is 0.310 e. The van der Waals surface area contributed by atoms with Crippen LogP contribution in [0.2, 0.25) is 0 Å². The van der Waals surface area contributed by atoms with Crippen LogP contribution in [0.4, 0.5) is 0 Å². The molecule has 5 aliphatic rings. The number of carbonyl (C=O) groups excluding carboxylic acids is 1. The number of hydrogen-bond acceptors (Lipinski definition) is 4. The van der Waals surface area contributed by atoms with E-state index in [2.05, 4.69) is 40.7 Å². The molecule has 5 rings (SSSR count). The van der Waals surface area contributed by atoms with Gasteiger partial charge in [0.2, 0.25) is 0 Å². The molecule has 4 fully saturated rings. The van der Waals surface area contributed by atoms with E-state index >= 15 is 0 Å². The van der Waals surface area contributed by atoms with Gasteiger partial charge < -0.3 is 15.3 Å². The molecule has 3 N–H and O–H groups in total. The predicted octanol–water partition coefficient (Wildman–Crippen LogP) is 5.24. The van der Waals surface area contributed by atoms with E-state index < -0.39 is 22.9 Å². The number of carboxylic acid groups (broad SMARTS) is 1. The highest BCUT2D eigenvalue weighted by Gasteiger charge is 2.70. The van der Waals surface area contributed by atoms with Crippen molar-refractivity contribution < 1.29 is 24.9 Å². The molecule has 11 atom stereocenters. The van der Waals surface area contributed by atoms with Crippen molar-refractivity contribution in [2.75, 3.05) is 6.61 Å². The zero-order chi connectivity index (χ0) is 25.8. The molecule has 196 valence electrons. The minimum atomic E-state index is -1.10. The first-order chi connectivity index (χ1) is 16.2. The van der Waals surface area contributed by atoms with E-state index in [1.807, 2.05) is 6.92 Å². The van der Waals surface area contributed by atoms with Crippen LogP contribution in [0.5, 0.6) is 0 Å². The summed E-state index contributed by atoms with van der Waals surface area (Å²) in [4.78, 5) is 25.9. The summed E-state index contributed by atoms with van der Waals surface area (Å²) in [6.45, 7) is 13.4. The van der Waals surface area contributed by atoms with E-state index in [0.29, 0.717) is 18.3 Å². The molecule has 5 heteroatoms. The van der Waals surface area contributed by atoms with Gasteiger partial charge in [0.05, 0.1) is 12.0 Å². The number of aliphatic hydroxyl groups excluding tert-OH is 2. The van der Waals surface area contributed by atoms with Crippen molar-refractivity contribution in [2.24, 2.45) is 56.7 Å². The van der Waals surface area contributed by atoms with Gasteiger partial charge in [-0.25, -0.2) is 0 Å². The summed E-state index contributed by atoms with van der Waals surface area (Å²) in [7, 11) is 0. The quantitative estimate of drug-likeness (QED) is 0.464. The number of hydrogen-bond donors (Lipinski definition) is 3. The van der Waals surface area contributed by atoms with Crippen LogP contribution in [0.3, 0.4) is 0 Å². The van der Waals surface area contributed by atoms with Gasteiger partial charge >= 0.3 is 5.97 Å². The first-order valence-electron chi connectivity index (χ1n) is 14.0. The molecule has 4 saturated carbocycles. The Balaban J connectivity index is 1.63. The van der Waals surface area contributed by atoms with Crippen LogP contribution >= 0.6 is 0 Å². The van der Waals surface area contributed by atoms with E-state index in [-0.39, 0.29) is 46.4 Å². The summed E-state index contributed by atoms with van der Waals surface area (Å²) in [5, 5.41) is 31.7. The lowest BCUT2D eigenvalue weighted by molar-refractivity contribution is -0.214. The molecule has 0 spiro atoms. The highest BCUT2D eigenvalue weighted by Crippen LogP contribution is 2.75. The first kappa shape index (κ1) is 25.4. The monoisotopic (exact) mass is 486 g/mol. The van der Waals surface area contributed by atoms with Crippen LogP contribution in [0.15, 0.2) is 11.6 Å². The maximum atomic E-state index is 13.1. The average molecular weight is 487 g/mol. The summed E-state index contributed by atoms with van der Waals surface area (Å²) < 4.78 is 0. The number of aliphatic hydroxyl groups is 2. The molecule has 0 aromatic rings. The number of aliphatic carboxylic acids is 1. The molecule has 35 heavy (non-hydrogen) atoms. The third-order valence-corrected chi connectivity index (χ3v) is 13.3. The fourth-order valence-electron chi connectivity index (χ4n) is 10.8. The van der Waals surface area contributed by atoms with E-state index in [9.17, 15) is 24.9 Å². The van der Waals surface area contributed by atoms with Gasteiger partial charge in [-0.05, 0) is 90.8 Å². The van der Waals surface area contributed by atoms with Gasteiger partial charge in [0.1, 0.15) is 6.10 Å². The van der Waals surface area contributed by atoms with Gasteiger partial charge in [-0.15, -0.1) is 0 Å². The van der Waals surface area contributed by atoms with Crippen molar-refractivity contribution in [3.63, 3.8) is 0 Å². The van der Waals surface area contributed by atoms with Crippen molar-refractivity contribution in [1.29, 1.82) is 0 Å². The number of fused-ring (bicyclic) bond motifs is 7. The maximum absolute atomic E-state index is 13.1.